The number of methoxy groups -OCH3 is 2. The van der Waals surface area contributed by atoms with Crippen molar-refractivity contribution in [1.82, 2.24) is 10.3 Å². The summed E-state index contributed by atoms with van der Waals surface area (Å²) in [5.41, 5.74) is 4.02. The standard InChI is InChI=1S/C24H20BrN3O4S/c1-13-5-4-6-16(21(13)31-3)22(29)28-24(33)26-15-8-10-20-18(12-15)27-23(32-20)14-7-9-19(30-2)17(25)11-14/h4-12H,1-3H3,(H2,26,28,29,33). The number of nitrogens with one attached hydrogen (secondary N) is 2. The minimum atomic E-state index is -0.358. The Hall–Kier alpha value is -3.43. The van der Waals surface area contributed by atoms with E-state index < -0.39 is 0 Å². The highest BCUT2D eigenvalue weighted by molar-refractivity contribution is 9.10. The van der Waals surface area contributed by atoms with Crippen LogP contribution in [0.25, 0.3) is 22.6 Å². The highest BCUT2D eigenvalue weighted by Gasteiger charge is 2.16. The molecule has 0 saturated carbocycles. The van der Waals surface area contributed by atoms with Crippen LogP contribution in [0.15, 0.2) is 63.5 Å². The summed E-state index contributed by atoms with van der Waals surface area (Å²) < 4.78 is 17.3. The number of benzene rings is 3. The van der Waals surface area contributed by atoms with Gasteiger partial charge in [0.15, 0.2) is 10.7 Å². The molecule has 0 fully saturated rings. The first kappa shape index (κ1) is 22.8. The summed E-state index contributed by atoms with van der Waals surface area (Å²) in [6.07, 6.45) is 0. The van der Waals surface area contributed by atoms with Gasteiger partial charge in [-0.05, 0) is 83.1 Å². The van der Waals surface area contributed by atoms with Crippen molar-refractivity contribution >= 4 is 56.0 Å². The van der Waals surface area contributed by atoms with E-state index in [0.717, 1.165) is 21.3 Å². The molecular formula is C24H20BrN3O4S. The van der Waals surface area contributed by atoms with E-state index in [0.29, 0.717) is 34.0 Å². The number of hydrogen-bond donors (Lipinski definition) is 2. The number of ether oxygens (including phenoxy) is 2. The number of carbonyl (C=O) groups is 1. The number of fused-ring (bicyclic) bond motifs is 1. The lowest BCUT2D eigenvalue weighted by molar-refractivity contribution is 0.0974. The average molecular weight is 526 g/mol. The summed E-state index contributed by atoms with van der Waals surface area (Å²) in [6, 6.07) is 16.3. The minimum Gasteiger partial charge on any atom is -0.496 e. The lowest BCUT2D eigenvalue weighted by atomic mass is 10.1. The van der Waals surface area contributed by atoms with Crippen LogP contribution in [-0.2, 0) is 0 Å². The first-order chi connectivity index (χ1) is 15.9. The maximum atomic E-state index is 12.7. The number of oxazole rings is 1. The van der Waals surface area contributed by atoms with Crippen molar-refractivity contribution in [2.75, 3.05) is 19.5 Å². The molecule has 1 amide bonds. The van der Waals surface area contributed by atoms with E-state index in [9.17, 15) is 4.79 Å². The molecule has 0 bridgehead atoms. The first-order valence-electron chi connectivity index (χ1n) is 9.90. The number of thiocarbonyl (C=S) groups is 1. The van der Waals surface area contributed by atoms with Crippen LogP contribution in [0.2, 0.25) is 0 Å². The number of hydrogen-bond acceptors (Lipinski definition) is 6. The molecule has 0 spiro atoms. The number of anilines is 1. The number of halogens is 1. The van der Waals surface area contributed by atoms with Gasteiger partial charge in [0.2, 0.25) is 5.89 Å². The molecule has 1 aromatic heterocycles. The Morgan fingerprint density at radius 3 is 2.64 bits per heavy atom. The predicted molar refractivity (Wildman–Crippen MR) is 135 cm³/mol. The Kier molecular flexibility index (Phi) is 6.62. The molecule has 0 saturated heterocycles. The molecule has 33 heavy (non-hydrogen) atoms. The van der Waals surface area contributed by atoms with Gasteiger partial charge in [0.05, 0.1) is 24.3 Å². The van der Waals surface area contributed by atoms with Gasteiger partial charge < -0.3 is 19.2 Å². The van der Waals surface area contributed by atoms with Crippen LogP contribution in [0, 0.1) is 6.92 Å². The van der Waals surface area contributed by atoms with E-state index in [1.54, 1.807) is 37.4 Å². The number of nitrogens with zero attached hydrogens (tertiary/aromatic N) is 1. The molecule has 0 radical (unpaired) electrons. The molecule has 0 unspecified atom stereocenters. The third kappa shape index (κ3) is 4.84. The highest BCUT2D eigenvalue weighted by Crippen LogP contribution is 2.32. The highest BCUT2D eigenvalue weighted by atomic mass is 79.9. The Morgan fingerprint density at radius 1 is 1.09 bits per heavy atom. The van der Waals surface area contributed by atoms with Crippen LogP contribution in [0.4, 0.5) is 5.69 Å². The van der Waals surface area contributed by atoms with Crippen LogP contribution in [0.3, 0.4) is 0 Å². The Balaban J connectivity index is 1.50. The van der Waals surface area contributed by atoms with Crippen LogP contribution < -0.4 is 20.1 Å². The van der Waals surface area contributed by atoms with Gasteiger partial charge in [-0.3, -0.25) is 10.1 Å². The lowest BCUT2D eigenvalue weighted by Gasteiger charge is -2.13. The number of carbonyl (C=O) groups excluding carboxylic acids is 1. The maximum Gasteiger partial charge on any atom is 0.261 e. The number of para-hydroxylation sites is 1. The molecule has 2 N–H and O–H groups in total. The topological polar surface area (TPSA) is 85.6 Å². The number of aromatic nitrogens is 1. The zero-order chi connectivity index (χ0) is 23.5. The second kappa shape index (κ2) is 9.60. The second-order valence-electron chi connectivity index (χ2n) is 7.11. The van der Waals surface area contributed by atoms with Gasteiger partial charge in [-0.15, -0.1) is 0 Å². The summed E-state index contributed by atoms with van der Waals surface area (Å²) in [5.74, 6) is 1.36. The number of rotatable bonds is 5. The van der Waals surface area contributed by atoms with Gasteiger partial charge >= 0.3 is 0 Å². The zero-order valence-electron chi connectivity index (χ0n) is 18.1. The van der Waals surface area contributed by atoms with E-state index in [1.807, 2.05) is 31.2 Å². The van der Waals surface area contributed by atoms with Crippen LogP contribution in [0.5, 0.6) is 11.5 Å². The van der Waals surface area contributed by atoms with Crippen LogP contribution in [-0.4, -0.2) is 30.2 Å². The van der Waals surface area contributed by atoms with Gasteiger partial charge in [-0.1, -0.05) is 12.1 Å². The molecule has 1 heterocycles. The van der Waals surface area contributed by atoms with E-state index >= 15 is 0 Å². The molecule has 0 aliphatic heterocycles. The smallest absolute Gasteiger partial charge is 0.261 e. The van der Waals surface area contributed by atoms with Gasteiger partial charge in [-0.2, -0.15) is 0 Å². The van der Waals surface area contributed by atoms with Crippen molar-refractivity contribution in [2.24, 2.45) is 0 Å². The number of aryl methyl sites for hydroxylation is 1. The molecular weight excluding hydrogens is 506 g/mol. The van der Waals surface area contributed by atoms with Gasteiger partial charge in [0, 0.05) is 11.3 Å². The van der Waals surface area contributed by atoms with Crippen molar-refractivity contribution in [3.05, 3.63) is 70.2 Å². The van der Waals surface area contributed by atoms with Crippen LogP contribution >= 0.6 is 28.1 Å². The molecule has 0 aliphatic rings. The Morgan fingerprint density at radius 2 is 1.91 bits per heavy atom. The lowest BCUT2D eigenvalue weighted by Crippen LogP contribution is -2.34. The Bertz CT molecular complexity index is 1370. The molecule has 4 aromatic rings. The van der Waals surface area contributed by atoms with Gasteiger partial charge in [-0.25, -0.2) is 4.98 Å². The van der Waals surface area contributed by atoms with Crippen molar-refractivity contribution in [2.45, 2.75) is 6.92 Å². The fourth-order valence-electron chi connectivity index (χ4n) is 3.36. The molecule has 4 rings (SSSR count). The van der Waals surface area contributed by atoms with E-state index in [-0.39, 0.29) is 11.0 Å². The maximum absolute atomic E-state index is 12.7. The van der Waals surface area contributed by atoms with E-state index in [2.05, 4.69) is 31.5 Å². The van der Waals surface area contributed by atoms with Crippen molar-refractivity contribution in [3.63, 3.8) is 0 Å². The summed E-state index contributed by atoms with van der Waals surface area (Å²) in [6.45, 7) is 1.87. The molecule has 3 aromatic carbocycles. The normalized spacial score (nSPS) is 10.7. The minimum absolute atomic E-state index is 0.158. The molecule has 0 aliphatic carbocycles. The molecule has 168 valence electrons. The van der Waals surface area contributed by atoms with E-state index in [1.165, 1.54) is 7.11 Å². The monoisotopic (exact) mass is 525 g/mol. The number of amides is 1. The van der Waals surface area contributed by atoms with E-state index in [4.69, 9.17) is 26.1 Å². The first-order valence-corrected chi connectivity index (χ1v) is 11.1. The van der Waals surface area contributed by atoms with Crippen molar-refractivity contribution in [1.29, 1.82) is 0 Å². The summed E-state index contributed by atoms with van der Waals surface area (Å²) in [7, 11) is 3.14. The fourth-order valence-corrected chi connectivity index (χ4v) is 4.11. The Labute approximate surface area is 204 Å². The molecule has 7 nitrogen and oxygen atoms in total. The average Bonchev–Trinajstić information content (AvgIpc) is 3.22. The SMILES string of the molecule is COc1ccc(-c2nc3cc(NC(=S)NC(=O)c4cccc(C)c4OC)ccc3o2)cc1Br. The third-order valence-electron chi connectivity index (χ3n) is 4.93. The largest absolute Gasteiger partial charge is 0.496 e. The van der Waals surface area contributed by atoms with Crippen LogP contribution in [0.1, 0.15) is 15.9 Å². The second-order valence-corrected chi connectivity index (χ2v) is 8.38. The third-order valence-corrected chi connectivity index (χ3v) is 5.76. The summed E-state index contributed by atoms with van der Waals surface area (Å²) >= 11 is 8.80. The fraction of sp³-hybridized carbons (Fsp3) is 0.125. The predicted octanol–water partition coefficient (Wildman–Crippen LogP) is 5.71. The molecule has 0 atom stereocenters. The molecule has 9 heteroatoms. The van der Waals surface area contributed by atoms with Gasteiger partial charge in [0.25, 0.3) is 5.91 Å². The summed E-state index contributed by atoms with van der Waals surface area (Å²) in [5, 5.41) is 5.85. The quantitative estimate of drug-likeness (QED) is 0.322. The summed E-state index contributed by atoms with van der Waals surface area (Å²) in [4.78, 5) is 17.2. The zero-order valence-corrected chi connectivity index (χ0v) is 20.5. The van der Waals surface area contributed by atoms with Gasteiger partial charge in [0.1, 0.15) is 17.0 Å². The van der Waals surface area contributed by atoms with Crippen molar-refractivity contribution in [3.8, 4) is 23.0 Å². The van der Waals surface area contributed by atoms with Crippen molar-refractivity contribution < 1.29 is 18.7 Å².